The number of esters is 1. The molecule has 0 fully saturated rings. The lowest BCUT2D eigenvalue weighted by Crippen LogP contribution is -2.25. The summed E-state index contributed by atoms with van der Waals surface area (Å²) in [7, 11) is 0. The van der Waals surface area contributed by atoms with E-state index < -0.39 is 11.2 Å². The highest BCUT2D eigenvalue weighted by Crippen LogP contribution is 2.40. The Bertz CT molecular complexity index is 1590. The van der Waals surface area contributed by atoms with E-state index in [4.69, 9.17) is 9.15 Å². The number of carbonyl (C=O) groups excluding carboxylic acids is 3. The molecule has 1 aliphatic rings. The molecule has 3 aromatic heterocycles. The summed E-state index contributed by atoms with van der Waals surface area (Å²) in [6.45, 7) is 7.94. The van der Waals surface area contributed by atoms with Gasteiger partial charge in [-0.1, -0.05) is 23.9 Å². The van der Waals surface area contributed by atoms with Crippen LogP contribution in [-0.2, 0) is 28.9 Å². The second-order valence-corrected chi connectivity index (χ2v) is 12.1. The Hall–Kier alpha value is -3.90. The Kier molecular flexibility index (Phi) is 8.60. The van der Waals surface area contributed by atoms with Gasteiger partial charge in [0.2, 0.25) is 5.91 Å². The topological polar surface area (TPSA) is 128 Å². The summed E-state index contributed by atoms with van der Waals surface area (Å²) in [5, 5.41) is 15.0. The van der Waals surface area contributed by atoms with Crippen LogP contribution < -0.4 is 10.6 Å². The summed E-state index contributed by atoms with van der Waals surface area (Å²) in [6, 6.07) is 9.15. The lowest BCUT2D eigenvalue weighted by Gasteiger charge is -2.16. The number of nitrogens with one attached hydrogen (secondary N) is 2. The van der Waals surface area contributed by atoms with E-state index in [1.807, 2.05) is 36.6 Å². The molecule has 214 valence electrons. The van der Waals surface area contributed by atoms with E-state index in [1.165, 1.54) is 29.4 Å². The number of furan rings is 1. The van der Waals surface area contributed by atoms with E-state index in [-0.39, 0.29) is 30.7 Å². The van der Waals surface area contributed by atoms with Gasteiger partial charge in [0.15, 0.2) is 16.7 Å². The Morgan fingerprint density at radius 3 is 2.76 bits per heavy atom. The predicted octanol–water partition coefficient (Wildman–Crippen LogP) is 5.25. The van der Waals surface area contributed by atoms with Crippen LogP contribution in [0.2, 0.25) is 0 Å². The maximum absolute atomic E-state index is 13.4. The zero-order valence-corrected chi connectivity index (χ0v) is 24.9. The number of benzene rings is 1. The highest BCUT2D eigenvalue weighted by Gasteiger charge is 2.30. The number of fused-ring (bicyclic) bond motifs is 1. The van der Waals surface area contributed by atoms with Crippen molar-refractivity contribution < 1.29 is 23.5 Å². The molecule has 0 bridgehead atoms. The molecule has 0 saturated carbocycles. The van der Waals surface area contributed by atoms with E-state index in [9.17, 15) is 14.4 Å². The summed E-state index contributed by atoms with van der Waals surface area (Å²) in [4.78, 5) is 39.8. The molecule has 1 unspecified atom stereocenters. The zero-order chi connectivity index (χ0) is 29.1. The van der Waals surface area contributed by atoms with Gasteiger partial charge in [-0.3, -0.25) is 14.2 Å². The fraction of sp³-hybridized carbons (Fsp3) is 0.345. The van der Waals surface area contributed by atoms with Gasteiger partial charge in [-0.2, -0.15) is 0 Å². The number of rotatable bonds is 10. The van der Waals surface area contributed by atoms with E-state index in [0.717, 1.165) is 46.5 Å². The summed E-state index contributed by atoms with van der Waals surface area (Å²) in [6.07, 6.45) is 4.13. The van der Waals surface area contributed by atoms with E-state index in [1.54, 1.807) is 26.0 Å². The van der Waals surface area contributed by atoms with Crippen molar-refractivity contribution in [2.75, 3.05) is 11.9 Å². The maximum Gasteiger partial charge on any atom is 0.341 e. The number of aryl methyl sites for hydroxylation is 2. The molecule has 0 spiro atoms. The van der Waals surface area contributed by atoms with E-state index in [2.05, 4.69) is 20.8 Å². The molecule has 4 aromatic rings. The third-order valence-corrected chi connectivity index (χ3v) is 9.21. The van der Waals surface area contributed by atoms with Crippen molar-refractivity contribution in [3.8, 4) is 5.69 Å². The number of carbonyl (C=O) groups is 3. The van der Waals surface area contributed by atoms with Crippen LogP contribution in [0.3, 0.4) is 0 Å². The second kappa shape index (κ2) is 12.3. The molecule has 0 radical (unpaired) electrons. The van der Waals surface area contributed by atoms with Crippen LogP contribution in [0.1, 0.15) is 68.6 Å². The van der Waals surface area contributed by atoms with Crippen LogP contribution in [0.5, 0.6) is 0 Å². The number of aromatic nitrogens is 3. The third-order valence-electron chi connectivity index (χ3n) is 6.96. The SMILES string of the molecule is CCOC(=O)c1c(NC(=O)C(C)Sc2nnc(CNC(=O)c3ccco3)n2-c2cccc(C)c2C)sc2c1CCC2. The zero-order valence-electron chi connectivity index (χ0n) is 23.3. The monoisotopic (exact) mass is 593 g/mol. The minimum absolute atomic E-state index is 0.102. The molecule has 0 saturated heterocycles. The minimum atomic E-state index is -0.569. The van der Waals surface area contributed by atoms with Crippen LogP contribution in [-0.4, -0.2) is 44.4 Å². The first-order valence-electron chi connectivity index (χ1n) is 13.4. The highest BCUT2D eigenvalue weighted by molar-refractivity contribution is 8.00. The van der Waals surface area contributed by atoms with Crippen LogP contribution in [0, 0.1) is 13.8 Å². The Balaban J connectivity index is 1.39. The van der Waals surface area contributed by atoms with Crippen molar-refractivity contribution in [3.05, 3.63) is 75.3 Å². The van der Waals surface area contributed by atoms with Gasteiger partial charge >= 0.3 is 5.97 Å². The first-order chi connectivity index (χ1) is 19.8. The van der Waals surface area contributed by atoms with Crippen LogP contribution in [0.4, 0.5) is 5.00 Å². The molecule has 1 aromatic carbocycles. The molecule has 10 nitrogen and oxygen atoms in total. The van der Waals surface area contributed by atoms with Gasteiger partial charge in [-0.15, -0.1) is 21.5 Å². The van der Waals surface area contributed by atoms with Gasteiger partial charge in [0.25, 0.3) is 5.91 Å². The molecule has 3 heterocycles. The lowest BCUT2D eigenvalue weighted by atomic mass is 10.1. The quantitative estimate of drug-likeness (QED) is 0.188. The fourth-order valence-corrected chi connectivity index (χ4v) is 6.86. The molecule has 2 N–H and O–H groups in total. The average molecular weight is 594 g/mol. The number of nitrogens with zero attached hydrogens (tertiary/aromatic N) is 3. The van der Waals surface area contributed by atoms with Crippen LogP contribution in [0.25, 0.3) is 5.69 Å². The average Bonchev–Trinajstić information content (AvgIpc) is 3.74. The van der Waals surface area contributed by atoms with E-state index >= 15 is 0 Å². The van der Waals surface area contributed by atoms with Gasteiger partial charge in [0, 0.05) is 4.88 Å². The third kappa shape index (κ3) is 5.94. The smallest absolute Gasteiger partial charge is 0.341 e. The van der Waals surface area contributed by atoms with Gasteiger partial charge < -0.3 is 19.8 Å². The number of hydrogen-bond acceptors (Lipinski definition) is 9. The van der Waals surface area contributed by atoms with Crippen LogP contribution in [0.15, 0.2) is 46.2 Å². The first-order valence-corrected chi connectivity index (χ1v) is 15.1. The molecule has 41 heavy (non-hydrogen) atoms. The Labute approximate surface area is 245 Å². The van der Waals surface area contributed by atoms with Crippen molar-refractivity contribution >= 4 is 45.9 Å². The summed E-state index contributed by atoms with van der Waals surface area (Å²) < 4.78 is 12.4. The van der Waals surface area contributed by atoms with Crippen molar-refractivity contribution in [1.29, 1.82) is 0 Å². The van der Waals surface area contributed by atoms with Gasteiger partial charge in [-0.05, 0) is 81.8 Å². The second-order valence-electron chi connectivity index (χ2n) is 9.64. The first kappa shape index (κ1) is 28.6. The number of hydrogen-bond donors (Lipinski definition) is 2. The number of anilines is 1. The Morgan fingerprint density at radius 2 is 2.00 bits per heavy atom. The van der Waals surface area contributed by atoms with Crippen molar-refractivity contribution in [2.45, 2.75) is 63.9 Å². The van der Waals surface area contributed by atoms with Gasteiger partial charge in [0.05, 0.1) is 35.9 Å². The molecule has 0 aliphatic heterocycles. The summed E-state index contributed by atoms with van der Waals surface area (Å²) in [5.74, 6) is -0.327. The van der Waals surface area contributed by atoms with Crippen molar-refractivity contribution in [2.24, 2.45) is 0 Å². The molecule has 1 aliphatic carbocycles. The lowest BCUT2D eigenvalue weighted by molar-refractivity contribution is -0.115. The number of ether oxygens (including phenoxy) is 1. The Morgan fingerprint density at radius 1 is 1.17 bits per heavy atom. The number of thiophene rings is 1. The van der Waals surface area contributed by atoms with Gasteiger partial charge in [0.1, 0.15) is 5.00 Å². The van der Waals surface area contributed by atoms with Crippen LogP contribution >= 0.6 is 23.1 Å². The van der Waals surface area contributed by atoms with Crippen molar-refractivity contribution in [1.82, 2.24) is 20.1 Å². The predicted molar refractivity (Wildman–Crippen MR) is 157 cm³/mol. The molecule has 2 amide bonds. The normalized spacial score (nSPS) is 13.1. The molecule has 12 heteroatoms. The summed E-state index contributed by atoms with van der Waals surface area (Å²) >= 11 is 2.70. The largest absolute Gasteiger partial charge is 0.462 e. The molecule has 5 rings (SSSR count). The molecular formula is C29H31N5O5S2. The van der Waals surface area contributed by atoms with Gasteiger partial charge in [-0.25, -0.2) is 4.79 Å². The fourth-order valence-electron chi connectivity index (χ4n) is 4.70. The molecule has 1 atom stereocenters. The maximum atomic E-state index is 13.4. The standard InChI is InChI=1S/C29H31N5O5S2/c1-5-38-28(37)24-19-10-7-13-22(19)41-27(24)31-25(35)18(4)40-29-33-32-23(15-30-26(36)21-12-8-14-39-21)34(29)20-11-6-9-16(2)17(20)3/h6,8-9,11-12,14,18H,5,7,10,13,15H2,1-4H3,(H,30,36)(H,31,35). The number of thioether (sulfide) groups is 1. The van der Waals surface area contributed by atoms with Crippen molar-refractivity contribution in [3.63, 3.8) is 0 Å². The molecular weight excluding hydrogens is 562 g/mol. The highest BCUT2D eigenvalue weighted by atomic mass is 32.2. The van der Waals surface area contributed by atoms with E-state index in [0.29, 0.717) is 21.5 Å². The number of amides is 2. The summed E-state index contributed by atoms with van der Waals surface area (Å²) in [5.41, 5.74) is 4.42. The minimum Gasteiger partial charge on any atom is -0.462 e.